The quantitative estimate of drug-likeness (QED) is 0.273. The van der Waals surface area contributed by atoms with E-state index in [9.17, 15) is 4.79 Å². The third-order valence-corrected chi connectivity index (χ3v) is 6.68. The van der Waals surface area contributed by atoms with E-state index in [1.807, 2.05) is 74.7 Å². The first-order valence-electron chi connectivity index (χ1n) is 13.3. The Bertz CT molecular complexity index is 1460. The van der Waals surface area contributed by atoms with Crippen LogP contribution in [0.5, 0.6) is 11.5 Å². The number of imidazole rings is 1. The highest BCUT2D eigenvalue weighted by atomic mass is 19.1. The van der Waals surface area contributed by atoms with Crippen LogP contribution in [0.1, 0.15) is 51.7 Å². The highest BCUT2D eigenvalue weighted by Crippen LogP contribution is 2.36. The Morgan fingerprint density at radius 3 is 2.62 bits per heavy atom. The van der Waals surface area contributed by atoms with Gasteiger partial charge in [0.15, 0.2) is 11.6 Å². The standard InChI is InChI=1S/C31H34FN3O4/c1-5-21-11-28(37-18-20-9-7-6-8-10-20)26(32)15-25(21)22-12-29(27-16-33-19-35(27)17-22)38-24-13-23(14-24)34-30(36)39-31(2,3)4/h6-12,15-17,19,23-24H,5,13-14,18H2,1-4H3,(H,34,36)/t23-,24-. The molecule has 0 spiro atoms. The molecule has 5 rings (SSSR count). The summed E-state index contributed by atoms with van der Waals surface area (Å²) in [7, 11) is 0. The highest BCUT2D eigenvalue weighted by Gasteiger charge is 2.33. The molecule has 39 heavy (non-hydrogen) atoms. The lowest BCUT2D eigenvalue weighted by Gasteiger charge is -2.36. The number of nitrogens with zero attached hydrogens (tertiary/aromatic N) is 2. The van der Waals surface area contributed by atoms with E-state index in [2.05, 4.69) is 10.3 Å². The lowest BCUT2D eigenvalue weighted by atomic mass is 9.89. The number of carbonyl (C=O) groups is 1. The van der Waals surface area contributed by atoms with Crippen molar-refractivity contribution in [3.63, 3.8) is 0 Å². The number of pyridine rings is 1. The molecule has 0 aliphatic heterocycles. The third-order valence-electron chi connectivity index (χ3n) is 6.68. The van der Waals surface area contributed by atoms with Gasteiger partial charge in [0.05, 0.1) is 12.5 Å². The average molecular weight is 532 g/mol. The van der Waals surface area contributed by atoms with Gasteiger partial charge < -0.3 is 23.9 Å². The largest absolute Gasteiger partial charge is 0.488 e. The van der Waals surface area contributed by atoms with E-state index in [-0.39, 0.29) is 17.9 Å². The predicted octanol–water partition coefficient (Wildman–Crippen LogP) is 6.72. The van der Waals surface area contributed by atoms with E-state index in [1.165, 1.54) is 6.07 Å². The molecule has 1 saturated carbocycles. The Balaban J connectivity index is 1.33. The Hall–Kier alpha value is -4.07. The first kappa shape index (κ1) is 26.5. The minimum absolute atomic E-state index is 0.00168. The van der Waals surface area contributed by atoms with Crippen molar-refractivity contribution in [2.24, 2.45) is 0 Å². The summed E-state index contributed by atoms with van der Waals surface area (Å²) < 4.78 is 34.6. The Labute approximate surface area is 227 Å². The maximum absolute atomic E-state index is 15.2. The Morgan fingerprint density at radius 2 is 1.90 bits per heavy atom. The minimum atomic E-state index is -0.541. The second kappa shape index (κ2) is 11.0. The van der Waals surface area contributed by atoms with Crippen LogP contribution in [0.2, 0.25) is 0 Å². The number of aryl methyl sites for hydroxylation is 1. The molecule has 1 aliphatic rings. The summed E-state index contributed by atoms with van der Waals surface area (Å²) in [5, 5.41) is 2.89. The van der Waals surface area contributed by atoms with Gasteiger partial charge in [-0.05, 0) is 62.1 Å². The number of ether oxygens (including phenoxy) is 3. The fraction of sp³-hybridized carbons (Fsp3) is 0.355. The first-order valence-corrected chi connectivity index (χ1v) is 13.3. The number of benzene rings is 2. The van der Waals surface area contributed by atoms with Crippen molar-refractivity contribution in [3.8, 4) is 22.6 Å². The summed E-state index contributed by atoms with van der Waals surface area (Å²) in [6, 6.07) is 15.0. The molecule has 0 bridgehead atoms. The number of hydrogen-bond donors (Lipinski definition) is 1. The van der Waals surface area contributed by atoms with Crippen molar-refractivity contribution >= 4 is 11.6 Å². The van der Waals surface area contributed by atoms with E-state index >= 15 is 4.39 Å². The molecule has 4 aromatic rings. The van der Waals surface area contributed by atoms with Crippen molar-refractivity contribution in [1.29, 1.82) is 0 Å². The number of halogens is 1. The molecule has 204 valence electrons. The summed E-state index contributed by atoms with van der Waals surface area (Å²) in [5.74, 6) is 0.483. The molecule has 7 nitrogen and oxygen atoms in total. The van der Waals surface area contributed by atoms with Gasteiger partial charge >= 0.3 is 6.09 Å². The topological polar surface area (TPSA) is 74.1 Å². The smallest absolute Gasteiger partial charge is 0.407 e. The summed E-state index contributed by atoms with van der Waals surface area (Å²) in [4.78, 5) is 16.3. The maximum atomic E-state index is 15.2. The Morgan fingerprint density at radius 1 is 1.13 bits per heavy atom. The van der Waals surface area contributed by atoms with Gasteiger partial charge in [0, 0.05) is 30.6 Å². The van der Waals surface area contributed by atoms with E-state index in [0.717, 1.165) is 27.8 Å². The molecule has 2 aromatic carbocycles. The van der Waals surface area contributed by atoms with E-state index in [4.69, 9.17) is 14.2 Å². The van der Waals surface area contributed by atoms with E-state index in [1.54, 1.807) is 18.6 Å². The molecule has 2 aromatic heterocycles. The zero-order valence-electron chi connectivity index (χ0n) is 22.7. The zero-order chi connectivity index (χ0) is 27.6. The van der Waals surface area contributed by atoms with Gasteiger partial charge in [-0.15, -0.1) is 0 Å². The SMILES string of the molecule is CCc1cc(OCc2ccccc2)c(F)cc1-c1cc(O[C@H]2C[C@H](NC(=O)OC(C)(C)C)C2)c2cncn2c1. The molecular formula is C31H34FN3O4. The van der Waals surface area contributed by atoms with Crippen LogP contribution >= 0.6 is 0 Å². The number of alkyl carbamates (subject to hydrolysis) is 1. The predicted molar refractivity (Wildman–Crippen MR) is 148 cm³/mol. The number of amides is 1. The molecule has 0 radical (unpaired) electrons. The summed E-state index contributed by atoms with van der Waals surface area (Å²) in [6.45, 7) is 7.85. The molecule has 0 unspecified atom stereocenters. The third kappa shape index (κ3) is 6.33. The number of fused-ring (bicyclic) bond motifs is 1. The summed E-state index contributed by atoms with van der Waals surface area (Å²) >= 11 is 0. The van der Waals surface area contributed by atoms with Crippen LogP contribution in [0, 0.1) is 5.82 Å². The normalized spacial score (nSPS) is 16.9. The van der Waals surface area contributed by atoms with Crippen LogP contribution in [0.25, 0.3) is 16.6 Å². The van der Waals surface area contributed by atoms with Crippen molar-refractivity contribution in [2.75, 3.05) is 0 Å². The number of aromatic nitrogens is 2. The monoisotopic (exact) mass is 531 g/mol. The van der Waals surface area contributed by atoms with Crippen LogP contribution in [0.4, 0.5) is 9.18 Å². The molecule has 1 amide bonds. The molecule has 1 fully saturated rings. The van der Waals surface area contributed by atoms with E-state index in [0.29, 0.717) is 31.6 Å². The molecule has 0 saturated heterocycles. The van der Waals surface area contributed by atoms with Crippen molar-refractivity contribution in [1.82, 2.24) is 14.7 Å². The molecule has 0 atom stereocenters. The van der Waals surface area contributed by atoms with Crippen molar-refractivity contribution < 1.29 is 23.4 Å². The molecule has 1 N–H and O–H groups in total. The van der Waals surface area contributed by atoms with Gasteiger partial charge in [-0.25, -0.2) is 14.2 Å². The first-order chi connectivity index (χ1) is 18.7. The fourth-order valence-corrected chi connectivity index (χ4v) is 4.68. The number of carbonyl (C=O) groups excluding carboxylic acids is 1. The summed E-state index contributed by atoms with van der Waals surface area (Å²) in [6.07, 6.45) is 6.95. The summed E-state index contributed by atoms with van der Waals surface area (Å²) in [5.41, 5.74) is 3.83. The number of nitrogens with one attached hydrogen (secondary N) is 1. The minimum Gasteiger partial charge on any atom is -0.488 e. The average Bonchev–Trinajstić information content (AvgIpc) is 3.35. The molecule has 8 heteroatoms. The van der Waals surface area contributed by atoms with Gasteiger partial charge in [0.25, 0.3) is 0 Å². The van der Waals surface area contributed by atoms with E-state index < -0.39 is 17.5 Å². The van der Waals surface area contributed by atoms with Crippen LogP contribution in [0.3, 0.4) is 0 Å². The van der Waals surface area contributed by atoms with Crippen molar-refractivity contribution in [2.45, 2.75) is 71.3 Å². The lowest BCUT2D eigenvalue weighted by Crippen LogP contribution is -2.50. The van der Waals surface area contributed by atoms with Crippen LogP contribution in [0.15, 0.2) is 67.3 Å². The molecular weight excluding hydrogens is 497 g/mol. The van der Waals surface area contributed by atoms with Crippen LogP contribution < -0.4 is 14.8 Å². The maximum Gasteiger partial charge on any atom is 0.407 e. The second-order valence-corrected chi connectivity index (χ2v) is 10.9. The zero-order valence-corrected chi connectivity index (χ0v) is 22.7. The Kier molecular flexibility index (Phi) is 7.46. The number of hydrogen-bond acceptors (Lipinski definition) is 5. The fourth-order valence-electron chi connectivity index (χ4n) is 4.68. The molecule has 2 heterocycles. The van der Waals surface area contributed by atoms with Gasteiger partial charge in [-0.1, -0.05) is 37.3 Å². The second-order valence-electron chi connectivity index (χ2n) is 10.9. The number of rotatable bonds is 8. The molecule has 1 aliphatic carbocycles. The van der Waals surface area contributed by atoms with Gasteiger partial charge in [-0.3, -0.25) is 0 Å². The van der Waals surface area contributed by atoms with Gasteiger partial charge in [0.2, 0.25) is 0 Å². The van der Waals surface area contributed by atoms with Gasteiger partial charge in [0.1, 0.15) is 29.6 Å². The van der Waals surface area contributed by atoms with Crippen LogP contribution in [-0.2, 0) is 17.8 Å². The lowest BCUT2D eigenvalue weighted by molar-refractivity contribution is 0.0365. The van der Waals surface area contributed by atoms with Crippen LogP contribution in [-0.4, -0.2) is 33.2 Å². The highest BCUT2D eigenvalue weighted by molar-refractivity contribution is 5.74. The van der Waals surface area contributed by atoms with Gasteiger partial charge in [-0.2, -0.15) is 0 Å². The van der Waals surface area contributed by atoms with Crippen molar-refractivity contribution in [3.05, 3.63) is 84.2 Å².